The van der Waals surface area contributed by atoms with E-state index in [9.17, 15) is 8.42 Å². The fraction of sp³-hybridized carbons (Fsp3) is 0.333. The van der Waals surface area contributed by atoms with Crippen LogP contribution in [-0.4, -0.2) is 21.0 Å². The maximum atomic E-state index is 12.0. The lowest BCUT2D eigenvalue weighted by atomic mass is 10.4. The number of benzene rings is 1. The van der Waals surface area contributed by atoms with Crippen LogP contribution in [0, 0.1) is 0 Å². The van der Waals surface area contributed by atoms with Crippen LogP contribution in [0.4, 0.5) is 0 Å². The molecule has 0 amide bonds. The topological polar surface area (TPSA) is 72.2 Å². The molecule has 0 fully saturated rings. The predicted octanol–water partition coefficient (Wildman–Crippen LogP) is 2.38. The molecular weight excluding hydrogens is 351 g/mol. The molecule has 0 saturated carbocycles. The van der Waals surface area contributed by atoms with Gasteiger partial charge in [0.15, 0.2) is 0 Å². The molecule has 0 heterocycles. The van der Waals surface area contributed by atoms with Crippen molar-refractivity contribution in [3.8, 4) is 0 Å². The summed E-state index contributed by atoms with van der Waals surface area (Å²) >= 11 is 14.9. The summed E-state index contributed by atoms with van der Waals surface area (Å²) in [5.41, 5.74) is 5.36. The standard InChI is InChI=1S/C9H11BrCl2N2O2S/c1-5(4-13)14-17(15,16)7-3-2-6(10)8(11)9(7)12/h2-3,5,14H,4,13H2,1H3/t5-/m0/s1. The number of nitrogens with two attached hydrogens (primary N) is 1. The molecular formula is C9H11BrCl2N2O2S. The lowest BCUT2D eigenvalue weighted by Gasteiger charge is -2.13. The third-order valence-electron chi connectivity index (χ3n) is 2.00. The van der Waals surface area contributed by atoms with Gasteiger partial charge in [-0.25, -0.2) is 13.1 Å². The zero-order chi connectivity index (χ0) is 13.2. The van der Waals surface area contributed by atoms with E-state index in [1.165, 1.54) is 12.1 Å². The monoisotopic (exact) mass is 360 g/mol. The Morgan fingerprint density at radius 3 is 2.53 bits per heavy atom. The van der Waals surface area contributed by atoms with E-state index >= 15 is 0 Å². The van der Waals surface area contributed by atoms with Crippen LogP contribution in [0.5, 0.6) is 0 Å². The Balaban J connectivity index is 3.21. The number of hydrogen-bond donors (Lipinski definition) is 2. The maximum Gasteiger partial charge on any atom is 0.242 e. The van der Waals surface area contributed by atoms with E-state index in [2.05, 4.69) is 20.7 Å². The van der Waals surface area contributed by atoms with E-state index in [0.717, 1.165) is 0 Å². The van der Waals surface area contributed by atoms with Crippen LogP contribution in [0.25, 0.3) is 0 Å². The van der Waals surface area contributed by atoms with Crippen molar-refractivity contribution < 1.29 is 8.42 Å². The number of nitrogens with one attached hydrogen (secondary N) is 1. The summed E-state index contributed by atoms with van der Waals surface area (Å²) in [5, 5.41) is 0.146. The van der Waals surface area contributed by atoms with Gasteiger partial charge in [0.2, 0.25) is 10.0 Å². The van der Waals surface area contributed by atoms with Gasteiger partial charge in [-0.2, -0.15) is 0 Å². The molecule has 0 aromatic heterocycles. The Hall–Kier alpha value is 0.150. The molecule has 96 valence electrons. The highest BCUT2D eigenvalue weighted by Crippen LogP contribution is 2.35. The summed E-state index contributed by atoms with van der Waals surface area (Å²) in [6.45, 7) is 1.85. The average Bonchev–Trinajstić information content (AvgIpc) is 2.24. The molecule has 0 bridgehead atoms. The minimum atomic E-state index is -3.71. The molecule has 17 heavy (non-hydrogen) atoms. The molecule has 0 unspecified atom stereocenters. The van der Waals surface area contributed by atoms with Gasteiger partial charge in [-0.05, 0) is 35.0 Å². The van der Waals surface area contributed by atoms with Crippen molar-refractivity contribution in [2.24, 2.45) is 5.73 Å². The van der Waals surface area contributed by atoms with Crippen LogP contribution in [0.1, 0.15) is 6.92 Å². The van der Waals surface area contributed by atoms with Crippen molar-refractivity contribution >= 4 is 49.2 Å². The van der Waals surface area contributed by atoms with Crippen molar-refractivity contribution in [3.63, 3.8) is 0 Å². The molecule has 0 saturated heterocycles. The minimum absolute atomic E-state index is 0.0160. The second-order valence-corrected chi connectivity index (χ2v) is 6.72. The van der Waals surface area contributed by atoms with Gasteiger partial charge in [-0.15, -0.1) is 0 Å². The second kappa shape index (κ2) is 5.86. The average molecular weight is 362 g/mol. The van der Waals surface area contributed by atoms with Crippen LogP contribution in [0.15, 0.2) is 21.5 Å². The Morgan fingerprint density at radius 1 is 1.41 bits per heavy atom. The van der Waals surface area contributed by atoms with Crippen LogP contribution in [0.3, 0.4) is 0 Å². The number of rotatable bonds is 4. The van der Waals surface area contributed by atoms with Gasteiger partial charge >= 0.3 is 0 Å². The van der Waals surface area contributed by atoms with Crippen LogP contribution >= 0.6 is 39.1 Å². The quantitative estimate of drug-likeness (QED) is 0.808. The molecule has 4 nitrogen and oxygen atoms in total. The molecule has 0 radical (unpaired) electrons. The SMILES string of the molecule is C[C@@H](CN)NS(=O)(=O)c1ccc(Br)c(Cl)c1Cl. The number of hydrogen-bond acceptors (Lipinski definition) is 3. The van der Waals surface area contributed by atoms with Gasteiger partial charge in [-0.3, -0.25) is 0 Å². The lowest BCUT2D eigenvalue weighted by molar-refractivity contribution is 0.563. The summed E-state index contributed by atoms with van der Waals surface area (Å²) in [6, 6.07) is 2.53. The first-order valence-electron chi connectivity index (χ1n) is 4.65. The largest absolute Gasteiger partial charge is 0.329 e. The third-order valence-corrected chi connectivity index (χ3v) is 5.51. The zero-order valence-electron chi connectivity index (χ0n) is 8.88. The molecule has 1 aromatic carbocycles. The van der Waals surface area contributed by atoms with Crippen LogP contribution in [0.2, 0.25) is 10.0 Å². The smallest absolute Gasteiger partial charge is 0.242 e. The van der Waals surface area contributed by atoms with Crippen molar-refractivity contribution in [1.82, 2.24) is 4.72 Å². The first kappa shape index (κ1) is 15.2. The van der Waals surface area contributed by atoms with E-state index in [0.29, 0.717) is 4.47 Å². The van der Waals surface area contributed by atoms with Gasteiger partial charge < -0.3 is 5.73 Å². The lowest BCUT2D eigenvalue weighted by Crippen LogP contribution is -2.37. The fourth-order valence-corrected chi connectivity index (χ4v) is 3.57. The van der Waals surface area contributed by atoms with Crippen molar-refractivity contribution in [3.05, 3.63) is 26.7 Å². The minimum Gasteiger partial charge on any atom is -0.329 e. The van der Waals surface area contributed by atoms with Gasteiger partial charge in [0.05, 0.1) is 10.0 Å². The molecule has 0 aliphatic carbocycles. The Labute approximate surface area is 119 Å². The molecule has 0 aliphatic rings. The van der Waals surface area contributed by atoms with Crippen LogP contribution in [-0.2, 0) is 10.0 Å². The van der Waals surface area contributed by atoms with Gasteiger partial charge in [-0.1, -0.05) is 23.2 Å². The Morgan fingerprint density at radius 2 is 2.00 bits per heavy atom. The van der Waals surface area contributed by atoms with Gasteiger partial charge in [0.1, 0.15) is 4.90 Å². The van der Waals surface area contributed by atoms with Crippen molar-refractivity contribution in [2.75, 3.05) is 6.54 Å². The van der Waals surface area contributed by atoms with E-state index in [-0.39, 0.29) is 27.5 Å². The maximum absolute atomic E-state index is 12.0. The molecule has 8 heteroatoms. The first-order valence-corrected chi connectivity index (χ1v) is 7.68. The van der Waals surface area contributed by atoms with Gasteiger partial charge in [0.25, 0.3) is 0 Å². The zero-order valence-corrected chi connectivity index (χ0v) is 12.8. The summed E-state index contributed by atoms with van der Waals surface area (Å²) in [4.78, 5) is -0.0623. The van der Waals surface area contributed by atoms with E-state index < -0.39 is 10.0 Å². The Kier molecular flexibility index (Phi) is 5.24. The van der Waals surface area contributed by atoms with Crippen molar-refractivity contribution in [2.45, 2.75) is 17.9 Å². The summed E-state index contributed by atoms with van der Waals surface area (Å²) in [7, 11) is -3.71. The molecule has 1 aromatic rings. The van der Waals surface area contributed by atoms with E-state index in [1.54, 1.807) is 6.92 Å². The number of halogens is 3. The molecule has 1 rings (SSSR count). The Bertz CT molecular complexity index is 522. The summed E-state index contributed by atoms with van der Waals surface area (Å²) < 4.78 is 26.9. The highest BCUT2D eigenvalue weighted by atomic mass is 79.9. The number of sulfonamides is 1. The summed E-state index contributed by atoms with van der Waals surface area (Å²) in [6.07, 6.45) is 0. The van der Waals surface area contributed by atoms with E-state index in [1.807, 2.05) is 0 Å². The molecule has 0 aliphatic heterocycles. The molecule has 0 spiro atoms. The van der Waals surface area contributed by atoms with Crippen LogP contribution < -0.4 is 10.5 Å². The van der Waals surface area contributed by atoms with Crippen molar-refractivity contribution in [1.29, 1.82) is 0 Å². The highest BCUT2D eigenvalue weighted by molar-refractivity contribution is 9.10. The third kappa shape index (κ3) is 3.56. The van der Waals surface area contributed by atoms with E-state index in [4.69, 9.17) is 28.9 Å². The first-order chi connectivity index (χ1) is 7.79. The molecule has 1 atom stereocenters. The normalized spacial score (nSPS) is 13.7. The second-order valence-electron chi connectivity index (χ2n) is 3.43. The van der Waals surface area contributed by atoms with Gasteiger partial charge in [0, 0.05) is 17.1 Å². The summed E-state index contributed by atoms with van der Waals surface area (Å²) in [5.74, 6) is 0. The molecule has 3 N–H and O–H groups in total. The highest BCUT2D eigenvalue weighted by Gasteiger charge is 2.22. The predicted molar refractivity (Wildman–Crippen MR) is 73.0 cm³/mol. The fourth-order valence-electron chi connectivity index (χ4n) is 1.09.